The molecule has 0 saturated carbocycles. The lowest BCUT2D eigenvalue weighted by atomic mass is 10.2. The highest BCUT2D eigenvalue weighted by atomic mass is 79.9. The molecule has 90 valence electrons. The van der Waals surface area contributed by atoms with Gasteiger partial charge in [-0.15, -0.1) is 0 Å². The number of rotatable bonds is 1. The van der Waals surface area contributed by atoms with Gasteiger partial charge in [0.05, 0.1) is 15.5 Å². The zero-order chi connectivity index (χ0) is 12.0. The SMILES string of the molecule is Fc1cc2[nH]c(=S)n(C3CCSC3)c2cc1Br. The minimum atomic E-state index is -0.262. The van der Waals surface area contributed by atoms with E-state index in [1.807, 2.05) is 11.8 Å². The summed E-state index contributed by atoms with van der Waals surface area (Å²) in [6.45, 7) is 0. The number of aromatic nitrogens is 2. The first-order valence-electron chi connectivity index (χ1n) is 5.34. The van der Waals surface area contributed by atoms with Crippen molar-refractivity contribution in [3.63, 3.8) is 0 Å². The largest absolute Gasteiger partial charge is 0.330 e. The first-order valence-corrected chi connectivity index (χ1v) is 7.69. The average Bonchev–Trinajstić information content (AvgIpc) is 2.86. The van der Waals surface area contributed by atoms with Crippen molar-refractivity contribution in [3.8, 4) is 0 Å². The van der Waals surface area contributed by atoms with Crippen molar-refractivity contribution in [2.45, 2.75) is 12.5 Å². The van der Waals surface area contributed by atoms with E-state index in [1.54, 1.807) is 6.07 Å². The Kier molecular flexibility index (Phi) is 3.04. The van der Waals surface area contributed by atoms with E-state index in [2.05, 4.69) is 25.5 Å². The van der Waals surface area contributed by atoms with Gasteiger partial charge in [0.15, 0.2) is 4.77 Å². The summed E-state index contributed by atoms with van der Waals surface area (Å²) in [6, 6.07) is 3.73. The Morgan fingerprint density at radius 2 is 2.35 bits per heavy atom. The Bertz CT molecular complexity index is 628. The molecule has 1 saturated heterocycles. The van der Waals surface area contributed by atoms with Crippen molar-refractivity contribution in [3.05, 3.63) is 27.2 Å². The van der Waals surface area contributed by atoms with Gasteiger partial charge in [0.25, 0.3) is 0 Å². The number of hydrogen-bond acceptors (Lipinski definition) is 2. The maximum Gasteiger partial charge on any atom is 0.178 e. The fourth-order valence-corrected chi connectivity index (χ4v) is 4.09. The van der Waals surface area contributed by atoms with E-state index < -0.39 is 0 Å². The number of aromatic amines is 1. The summed E-state index contributed by atoms with van der Waals surface area (Å²) >= 11 is 10.5. The zero-order valence-electron chi connectivity index (χ0n) is 8.87. The quantitative estimate of drug-likeness (QED) is 0.787. The molecule has 6 heteroatoms. The number of thioether (sulfide) groups is 1. The molecule has 1 atom stereocenters. The lowest BCUT2D eigenvalue weighted by molar-refractivity contribution is 0.568. The van der Waals surface area contributed by atoms with Crippen molar-refractivity contribution < 1.29 is 4.39 Å². The molecule has 0 spiro atoms. The number of benzene rings is 1. The number of fused-ring (bicyclic) bond motifs is 1. The Hall–Kier alpha value is -0.330. The Morgan fingerprint density at radius 3 is 3.06 bits per heavy atom. The average molecular weight is 333 g/mol. The maximum atomic E-state index is 13.5. The Balaban J connectivity index is 2.26. The lowest BCUT2D eigenvalue weighted by Crippen LogP contribution is -2.07. The maximum absolute atomic E-state index is 13.5. The molecule has 1 fully saturated rings. The molecule has 1 aromatic carbocycles. The van der Waals surface area contributed by atoms with Crippen LogP contribution >= 0.6 is 39.9 Å². The monoisotopic (exact) mass is 332 g/mol. The molecule has 1 aliphatic heterocycles. The smallest absolute Gasteiger partial charge is 0.178 e. The van der Waals surface area contributed by atoms with Crippen LogP contribution in [0.5, 0.6) is 0 Å². The number of hydrogen-bond donors (Lipinski definition) is 1. The van der Waals surface area contributed by atoms with Crippen LogP contribution in [0.4, 0.5) is 4.39 Å². The van der Waals surface area contributed by atoms with Gasteiger partial charge in [0.2, 0.25) is 0 Å². The number of nitrogens with one attached hydrogen (secondary N) is 1. The molecule has 0 bridgehead atoms. The molecule has 0 radical (unpaired) electrons. The van der Waals surface area contributed by atoms with Crippen LogP contribution in [0.25, 0.3) is 11.0 Å². The fraction of sp³-hybridized carbons (Fsp3) is 0.364. The van der Waals surface area contributed by atoms with E-state index in [4.69, 9.17) is 12.2 Å². The van der Waals surface area contributed by atoms with Crippen LogP contribution in [0.1, 0.15) is 12.5 Å². The van der Waals surface area contributed by atoms with Crippen molar-refractivity contribution in [2.24, 2.45) is 0 Å². The van der Waals surface area contributed by atoms with Gasteiger partial charge in [-0.3, -0.25) is 0 Å². The van der Waals surface area contributed by atoms with E-state index in [0.717, 1.165) is 23.2 Å². The summed E-state index contributed by atoms with van der Waals surface area (Å²) in [5.74, 6) is 1.99. The Labute approximate surface area is 116 Å². The molecule has 1 aromatic heterocycles. The van der Waals surface area contributed by atoms with E-state index in [1.165, 1.54) is 11.8 Å². The van der Waals surface area contributed by atoms with E-state index in [9.17, 15) is 4.39 Å². The van der Waals surface area contributed by atoms with E-state index in [-0.39, 0.29) is 5.82 Å². The molecule has 1 aliphatic rings. The summed E-state index contributed by atoms with van der Waals surface area (Å²) in [5.41, 5.74) is 1.75. The topological polar surface area (TPSA) is 20.7 Å². The zero-order valence-corrected chi connectivity index (χ0v) is 12.1. The first-order chi connectivity index (χ1) is 8.16. The van der Waals surface area contributed by atoms with Crippen molar-refractivity contribution in [1.82, 2.24) is 9.55 Å². The Morgan fingerprint density at radius 1 is 1.53 bits per heavy atom. The standard InChI is InChI=1S/C11H10BrFN2S2/c12-7-3-10-9(4-8(7)13)14-11(16)15(10)6-1-2-17-5-6/h3-4,6H,1-2,5H2,(H,14,16). The van der Waals surface area contributed by atoms with Crippen LogP contribution in [0.3, 0.4) is 0 Å². The molecule has 1 N–H and O–H groups in total. The molecular formula is C11H10BrFN2S2. The molecule has 3 rings (SSSR count). The first kappa shape index (κ1) is 11.7. The number of imidazole rings is 1. The third-order valence-electron chi connectivity index (χ3n) is 3.03. The fourth-order valence-electron chi connectivity index (χ4n) is 2.21. The molecule has 1 unspecified atom stereocenters. The summed E-state index contributed by atoms with van der Waals surface area (Å²) < 4.78 is 16.7. The van der Waals surface area contributed by atoms with Gasteiger partial charge in [0, 0.05) is 17.9 Å². The summed E-state index contributed by atoms with van der Waals surface area (Å²) in [4.78, 5) is 3.08. The predicted octanol–water partition coefficient (Wildman–Crippen LogP) is 4.28. The molecular weight excluding hydrogens is 323 g/mol. The van der Waals surface area contributed by atoms with Crippen LogP contribution in [0.15, 0.2) is 16.6 Å². The van der Waals surface area contributed by atoms with Crippen LogP contribution in [-0.2, 0) is 0 Å². The van der Waals surface area contributed by atoms with Gasteiger partial charge in [-0.05, 0) is 46.4 Å². The van der Waals surface area contributed by atoms with Gasteiger partial charge >= 0.3 is 0 Å². The number of halogens is 2. The number of nitrogens with zero attached hydrogens (tertiary/aromatic N) is 1. The number of H-pyrrole nitrogens is 1. The second kappa shape index (κ2) is 4.40. The second-order valence-corrected chi connectivity index (χ2v) is 6.49. The van der Waals surface area contributed by atoms with Gasteiger partial charge in [-0.2, -0.15) is 11.8 Å². The highest BCUT2D eigenvalue weighted by Gasteiger charge is 2.20. The minimum absolute atomic E-state index is 0.262. The van der Waals surface area contributed by atoms with Gasteiger partial charge < -0.3 is 9.55 Å². The van der Waals surface area contributed by atoms with E-state index in [0.29, 0.717) is 15.3 Å². The van der Waals surface area contributed by atoms with Crippen LogP contribution in [0, 0.1) is 10.6 Å². The van der Waals surface area contributed by atoms with Crippen molar-refractivity contribution in [2.75, 3.05) is 11.5 Å². The molecule has 2 aromatic rings. The predicted molar refractivity (Wildman–Crippen MR) is 75.8 cm³/mol. The third-order valence-corrected chi connectivity index (χ3v) is 5.08. The lowest BCUT2D eigenvalue weighted by Gasteiger charge is -2.11. The van der Waals surface area contributed by atoms with E-state index >= 15 is 0 Å². The van der Waals surface area contributed by atoms with Crippen molar-refractivity contribution >= 4 is 50.9 Å². The molecule has 0 aliphatic carbocycles. The van der Waals surface area contributed by atoms with Gasteiger partial charge in [0.1, 0.15) is 5.82 Å². The third kappa shape index (κ3) is 1.96. The molecule has 2 nitrogen and oxygen atoms in total. The van der Waals surface area contributed by atoms with Crippen LogP contribution in [-0.4, -0.2) is 21.1 Å². The van der Waals surface area contributed by atoms with Gasteiger partial charge in [-0.25, -0.2) is 4.39 Å². The molecule has 2 heterocycles. The minimum Gasteiger partial charge on any atom is -0.330 e. The van der Waals surface area contributed by atoms with Crippen molar-refractivity contribution in [1.29, 1.82) is 0 Å². The highest BCUT2D eigenvalue weighted by molar-refractivity contribution is 9.10. The van der Waals surface area contributed by atoms with Gasteiger partial charge in [-0.1, -0.05) is 0 Å². The summed E-state index contributed by atoms with van der Waals surface area (Å²) in [5, 5.41) is 0. The summed E-state index contributed by atoms with van der Waals surface area (Å²) in [6.07, 6.45) is 1.13. The van der Waals surface area contributed by atoms with Crippen LogP contribution in [0.2, 0.25) is 0 Å². The second-order valence-electron chi connectivity index (χ2n) is 4.10. The molecule has 17 heavy (non-hydrogen) atoms. The normalized spacial score (nSPS) is 20.2. The highest BCUT2D eigenvalue weighted by Crippen LogP contribution is 2.32. The summed E-state index contributed by atoms with van der Waals surface area (Å²) in [7, 11) is 0. The molecule has 0 amide bonds. The van der Waals surface area contributed by atoms with Crippen LogP contribution < -0.4 is 0 Å².